The molecule has 9 heteroatoms. The fraction of sp³-hybridized carbons (Fsp3) is 0.250. The van der Waals surface area contributed by atoms with Crippen LogP contribution in [0.5, 0.6) is 0 Å². The molecule has 6 nitrogen and oxygen atoms in total. The van der Waals surface area contributed by atoms with E-state index in [1.54, 1.807) is 18.2 Å². The molecule has 3 aromatic rings. The summed E-state index contributed by atoms with van der Waals surface area (Å²) in [7, 11) is 0. The molecule has 0 aliphatic rings. The first-order valence-electron chi connectivity index (χ1n) is 8.78. The predicted molar refractivity (Wildman–Crippen MR) is 111 cm³/mol. The van der Waals surface area contributed by atoms with Crippen molar-refractivity contribution >= 4 is 29.1 Å². The third-order valence-corrected chi connectivity index (χ3v) is 4.80. The SMILES string of the molecule is CC(C)(C)C(=O)NCc1ccc(Cl)c(-c2nn(-c3ccc(F)c(Cl)c3)c(=O)[nH]2)c1. The highest BCUT2D eigenvalue weighted by Gasteiger charge is 2.21. The van der Waals surface area contributed by atoms with E-state index in [0.717, 1.165) is 16.3 Å². The number of nitrogens with zero attached hydrogens (tertiary/aromatic N) is 2. The van der Waals surface area contributed by atoms with Crippen LogP contribution in [0.4, 0.5) is 4.39 Å². The number of hydrogen-bond acceptors (Lipinski definition) is 3. The van der Waals surface area contributed by atoms with Gasteiger partial charge < -0.3 is 5.32 Å². The van der Waals surface area contributed by atoms with Gasteiger partial charge in [0.2, 0.25) is 5.91 Å². The fourth-order valence-corrected chi connectivity index (χ4v) is 2.93. The topological polar surface area (TPSA) is 79.8 Å². The average Bonchev–Trinajstić information content (AvgIpc) is 3.03. The van der Waals surface area contributed by atoms with E-state index in [4.69, 9.17) is 23.2 Å². The minimum atomic E-state index is -0.590. The lowest BCUT2D eigenvalue weighted by atomic mass is 9.95. The van der Waals surface area contributed by atoms with Gasteiger partial charge >= 0.3 is 5.69 Å². The number of aromatic nitrogens is 3. The Balaban J connectivity index is 1.92. The van der Waals surface area contributed by atoms with E-state index in [2.05, 4.69) is 15.4 Å². The van der Waals surface area contributed by atoms with Crippen LogP contribution >= 0.6 is 23.2 Å². The Kier molecular flexibility index (Phi) is 5.82. The highest BCUT2D eigenvalue weighted by atomic mass is 35.5. The van der Waals surface area contributed by atoms with Gasteiger partial charge in [-0.2, -0.15) is 4.68 Å². The largest absolute Gasteiger partial charge is 0.352 e. The van der Waals surface area contributed by atoms with Crippen LogP contribution in [-0.2, 0) is 11.3 Å². The Labute approximate surface area is 176 Å². The highest BCUT2D eigenvalue weighted by Crippen LogP contribution is 2.26. The minimum Gasteiger partial charge on any atom is -0.352 e. The molecule has 0 saturated heterocycles. The van der Waals surface area contributed by atoms with Crippen molar-refractivity contribution in [1.29, 1.82) is 0 Å². The minimum absolute atomic E-state index is 0.0835. The molecule has 0 aliphatic heterocycles. The third kappa shape index (κ3) is 4.68. The van der Waals surface area contributed by atoms with Gasteiger partial charge in [-0.25, -0.2) is 9.18 Å². The van der Waals surface area contributed by atoms with E-state index in [9.17, 15) is 14.0 Å². The van der Waals surface area contributed by atoms with Crippen molar-refractivity contribution in [2.24, 2.45) is 5.41 Å². The number of aromatic amines is 1. The van der Waals surface area contributed by atoms with Crippen molar-refractivity contribution in [3.05, 3.63) is 68.3 Å². The molecular formula is C20H19Cl2FN4O2. The quantitative estimate of drug-likeness (QED) is 0.638. The molecule has 2 N–H and O–H groups in total. The summed E-state index contributed by atoms with van der Waals surface area (Å²) in [5, 5.41) is 7.38. The molecule has 1 heterocycles. The summed E-state index contributed by atoms with van der Waals surface area (Å²) in [6.07, 6.45) is 0. The summed E-state index contributed by atoms with van der Waals surface area (Å²) in [4.78, 5) is 27.1. The van der Waals surface area contributed by atoms with Gasteiger partial charge in [-0.05, 0) is 35.9 Å². The van der Waals surface area contributed by atoms with Gasteiger partial charge in [-0.15, -0.1) is 5.10 Å². The summed E-state index contributed by atoms with van der Waals surface area (Å²) in [5.74, 6) is -0.434. The Morgan fingerprint density at radius 3 is 2.55 bits per heavy atom. The zero-order valence-electron chi connectivity index (χ0n) is 16.0. The normalized spacial score (nSPS) is 11.5. The van der Waals surface area contributed by atoms with E-state index in [0.29, 0.717) is 22.8 Å². The Morgan fingerprint density at radius 1 is 1.17 bits per heavy atom. The van der Waals surface area contributed by atoms with E-state index in [-0.39, 0.29) is 16.8 Å². The van der Waals surface area contributed by atoms with E-state index in [1.165, 1.54) is 12.1 Å². The van der Waals surface area contributed by atoms with Gasteiger partial charge in [0.25, 0.3) is 0 Å². The van der Waals surface area contributed by atoms with Crippen molar-refractivity contribution < 1.29 is 9.18 Å². The molecule has 2 aromatic carbocycles. The van der Waals surface area contributed by atoms with Crippen LogP contribution in [-0.4, -0.2) is 20.7 Å². The number of halogens is 3. The lowest BCUT2D eigenvalue weighted by Crippen LogP contribution is -2.34. The number of carbonyl (C=O) groups is 1. The molecule has 0 spiro atoms. The molecule has 0 fully saturated rings. The molecule has 0 aliphatic carbocycles. The van der Waals surface area contributed by atoms with Crippen LogP contribution in [0.15, 0.2) is 41.2 Å². The van der Waals surface area contributed by atoms with Crippen molar-refractivity contribution in [3.8, 4) is 17.1 Å². The Bertz CT molecular complexity index is 1130. The molecule has 0 bridgehead atoms. The highest BCUT2D eigenvalue weighted by molar-refractivity contribution is 6.33. The number of benzene rings is 2. The zero-order valence-corrected chi connectivity index (χ0v) is 17.5. The van der Waals surface area contributed by atoms with Gasteiger partial charge in [-0.3, -0.25) is 9.78 Å². The molecular weight excluding hydrogens is 418 g/mol. The molecule has 1 amide bonds. The van der Waals surface area contributed by atoms with Gasteiger partial charge in [0, 0.05) is 17.5 Å². The second-order valence-electron chi connectivity index (χ2n) is 7.54. The second kappa shape index (κ2) is 8.00. The lowest BCUT2D eigenvalue weighted by Gasteiger charge is -2.17. The van der Waals surface area contributed by atoms with Crippen molar-refractivity contribution in [3.63, 3.8) is 0 Å². The zero-order chi connectivity index (χ0) is 21.3. The van der Waals surface area contributed by atoms with Gasteiger partial charge in [0.1, 0.15) is 5.82 Å². The standard InChI is InChI=1S/C20H19Cl2FN4O2/c1-20(2,3)18(28)24-10-11-4-6-14(21)13(8-11)17-25-19(29)27(26-17)12-5-7-16(23)15(22)9-12/h4-9H,10H2,1-3H3,(H,24,28)(H,25,26,29). The van der Waals surface area contributed by atoms with Crippen LogP contribution in [0.1, 0.15) is 26.3 Å². The van der Waals surface area contributed by atoms with Crippen molar-refractivity contribution in [2.75, 3.05) is 0 Å². The van der Waals surface area contributed by atoms with Gasteiger partial charge in [-0.1, -0.05) is 50.0 Å². The van der Waals surface area contributed by atoms with Crippen LogP contribution in [0.3, 0.4) is 0 Å². The monoisotopic (exact) mass is 436 g/mol. The summed E-state index contributed by atoms with van der Waals surface area (Å²) in [5.41, 5.74) is 0.578. The molecule has 0 atom stereocenters. The molecule has 29 heavy (non-hydrogen) atoms. The maximum Gasteiger partial charge on any atom is 0.348 e. The molecule has 0 radical (unpaired) electrons. The Hall–Kier alpha value is -2.64. The molecule has 0 unspecified atom stereocenters. The summed E-state index contributed by atoms with van der Waals surface area (Å²) in [6.45, 7) is 5.79. The van der Waals surface area contributed by atoms with E-state index < -0.39 is 16.9 Å². The van der Waals surface area contributed by atoms with Crippen LogP contribution in [0, 0.1) is 11.2 Å². The number of nitrogens with one attached hydrogen (secondary N) is 2. The maximum atomic E-state index is 13.4. The fourth-order valence-electron chi connectivity index (χ4n) is 2.55. The molecule has 3 rings (SSSR count). The Morgan fingerprint density at radius 2 is 1.90 bits per heavy atom. The summed E-state index contributed by atoms with van der Waals surface area (Å²) >= 11 is 12.1. The number of carbonyl (C=O) groups excluding carboxylic acids is 1. The maximum absolute atomic E-state index is 13.4. The lowest BCUT2D eigenvalue weighted by molar-refractivity contribution is -0.128. The smallest absolute Gasteiger partial charge is 0.348 e. The number of hydrogen-bond donors (Lipinski definition) is 2. The van der Waals surface area contributed by atoms with E-state index in [1.807, 2.05) is 20.8 Å². The van der Waals surface area contributed by atoms with Crippen LogP contribution < -0.4 is 11.0 Å². The van der Waals surface area contributed by atoms with Crippen molar-refractivity contribution in [1.82, 2.24) is 20.1 Å². The van der Waals surface area contributed by atoms with Gasteiger partial charge in [0.05, 0.1) is 15.7 Å². The number of H-pyrrole nitrogens is 1. The summed E-state index contributed by atoms with van der Waals surface area (Å²) < 4.78 is 14.5. The van der Waals surface area contributed by atoms with Gasteiger partial charge in [0.15, 0.2) is 5.82 Å². The molecule has 0 saturated carbocycles. The first kappa shape index (κ1) is 21.1. The predicted octanol–water partition coefficient (Wildman–Crippen LogP) is 4.34. The average molecular weight is 437 g/mol. The number of rotatable bonds is 4. The first-order valence-corrected chi connectivity index (χ1v) is 9.54. The number of amides is 1. The third-order valence-electron chi connectivity index (χ3n) is 4.19. The van der Waals surface area contributed by atoms with Crippen molar-refractivity contribution in [2.45, 2.75) is 27.3 Å². The second-order valence-corrected chi connectivity index (χ2v) is 8.35. The van der Waals surface area contributed by atoms with Crippen LogP contribution in [0.25, 0.3) is 17.1 Å². The van der Waals surface area contributed by atoms with Crippen LogP contribution in [0.2, 0.25) is 10.0 Å². The van der Waals surface area contributed by atoms with E-state index >= 15 is 0 Å². The molecule has 1 aromatic heterocycles. The molecule has 152 valence electrons. The first-order chi connectivity index (χ1) is 13.6. The summed E-state index contributed by atoms with van der Waals surface area (Å²) in [6, 6.07) is 9.05.